The van der Waals surface area contributed by atoms with E-state index in [0.717, 1.165) is 22.6 Å². The lowest BCUT2D eigenvalue weighted by molar-refractivity contribution is 0.409. The number of para-hydroxylation sites is 1. The van der Waals surface area contributed by atoms with Crippen LogP contribution >= 0.6 is 12.2 Å². The lowest BCUT2D eigenvalue weighted by Gasteiger charge is -2.13. The molecular weight excluding hydrogens is 296 g/mol. The first kappa shape index (κ1) is 16.1. The zero-order valence-corrected chi connectivity index (χ0v) is 13.6. The predicted molar refractivity (Wildman–Crippen MR) is 92.3 cm³/mol. The number of rotatable bonds is 6. The van der Waals surface area contributed by atoms with Gasteiger partial charge in [-0.15, -0.1) is 0 Å². The van der Waals surface area contributed by atoms with Crippen LogP contribution in [-0.4, -0.2) is 19.3 Å². The Kier molecular flexibility index (Phi) is 6.03. The van der Waals surface area contributed by atoms with Gasteiger partial charge in [-0.05, 0) is 36.0 Å². The molecule has 2 N–H and O–H groups in total. The van der Waals surface area contributed by atoms with E-state index in [4.69, 9.17) is 21.7 Å². The van der Waals surface area contributed by atoms with Crippen LogP contribution in [0.2, 0.25) is 0 Å². The number of ether oxygens (including phenoxy) is 2. The van der Waals surface area contributed by atoms with Gasteiger partial charge in [-0.2, -0.15) is 0 Å². The molecule has 0 atom stereocenters. The molecule has 0 aliphatic carbocycles. The maximum absolute atomic E-state index is 5.31. The Morgan fingerprint density at radius 2 is 1.59 bits per heavy atom. The fourth-order valence-corrected chi connectivity index (χ4v) is 2.16. The van der Waals surface area contributed by atoms with Crippen molar-refractivity contribution in [3.8, 4) is 11.5 Å². The third-order valence-electron chi connectivity index (χ3n) is 3.24. The molecular formula is C17H20N2O2S. The van der Waals surface area contributed by atoms with Gasteiger partial charge >= 0.3 is 0 Å². The third kappa shape index (κ3) is 4.63. The van der Waals surface area contributed by atoms with E-state index in [1.807, 2.05) is 48.5 Å². The molecule has 0 heterocycles. The molecule has 0 saturated carbocycles. The van der Waals surface area contributed by atoms with Gasteiger partial charge in [-0.1, -0.05) is 30.3 Å². The van der Waals surface area contributed by atoms with E-state index in [2.05, 4.69) is 10.6 Å². The topological polar surface area (TPSA) is 42.5 Å². The van der Waals surface area contributed by atoms with Crippen molar-refractivity contribution in [3.63, 3.8) is 0 Å². The van der Waals surface area contributed by atoms with Crippen molar-refractivity contribution in [2.75, 3.05) is 14.2 Å². The first-order valence-electron chi connectivity index (χ1n) is 6.99. The van der Waals surface area contributed by atoms with E-state index in [1.54, 1.807) is 14.2 Å². The van der Waals surface area contributed by atoms with Crippen LogP contribution in [-0.2, 0) is 13.1 Å². The number of methoxy groups -OCH3 is 2. The van der Waals surface area contributed by atoms with Crippen LogP contribution in [0.15, 0.2) is 48.5 Å². The van der Waals surface area contributed by atoms with Crippen LogP contribution < -0.4 is 20.1 Å². The zero-order chi connectivity index (χ0) is 15.8. The molecule has 22 heavy (non-hydrogen) atoms. The molecule has 5 heteroatoms. The molecule has 0 radical (unpaired) electrons. The molecule has 0 spiro atoms. The summed E-state index contributed by atoms with van der Waals surface area (Å²) in [7, 11) is 3.32. The summed E-state index contributed by atoms with van der Waals surface area (Å²) in [5.41, 5.74) is 2.21. The molecule has 116 valence electrons. The maximum atomic E-state index is 5.31. The van der Waals surface area contributed by atoms with Crippen LogP contribution in [0.5, 0.6) is 11.5 Å². The number of nitrogens with one attached hydrogen (secondary N) is 2. The van der Waals surface area contributed by atoms with Crippen LogP contribution in [0.3, 0.4) is 0 Å². The second-order valence-corrected chi connectivity index (χ2v) is 5.10. The SMILES string of the molecule is COc1ccc(CNC(=S)NCc2ccccc2OC)cc1. The van der Waals surface area contributed by atoms with Crippen molar-refractivity contribution in [1.82, 2.24) is 10.6 Å². The Morgan fingerprint density at radius 3 is 2.27 bits per heavy atom. The first-order chi connectivity index (χ1) is 10.7. The fourth-order valence-electron chi connectivity index (χ4n) is 2.01. The highest BCUT2D eigenvalue weighted by Gasteiger charge is 2.02. The highest BCUT2D eigenvalue weighted by atomic mass is 32.1. The van der Waals surface area contributed by atoms with Gasteiger partial charge < -0.3 is 20.1 Å². The standard InChI is InChI=1S/C17H20N2O2S/c1-20-15-9-7-13(8-10-15)11-18-17(22)19-12-14-5-3-4-6-16(14)21-2/h3-10H,11-12H2,1-2H3,(H2,18,19,22). The molecule has 2 rings (SSSR count). The molecule has 2 aromatic carbocycles. The zero-order valence-electron chi connectivity index (χ0n) is 12.8. The van der Waals surface area contributed by atoms with Crippen LogP contribution in [0.1, 0.15) is 11.1 Å². The second-order valence-electron chi connectivity index (χ2n) is 4.70. The maximum Gasteiger partial charge on any atom is 0.166 e. The van der Waals surface area contributed by atoms with E-state index < -0.39 is 0 Å². The number of benzene rings is 2. The molecule has 2 aromatic rings. The molecule has 4 nitrogen and oxygen atoms in total. The predicted octanol–water partition coefficient (Wildman–Crippen LogP) is 2.87. The third-order valence-corrected chi connectivity index (χ3v) is 3.53. The summed E-state index contributed by atoms with van der Waals surface area (Å²) in [5, 5.41) is 6.98. The number of thiocarbonyl (C=S) groups is 1. The van der Waals surface area contributed by atoms with Crippen molar-refractivity contribution in [1.29, 1.82) is 0 Å². The molecule has 0 bridgehead atoms. The summed E-state index contributed by atoms with van der Waals surface area (Å²) < 4.78 is 10.4. The molecule has 0 amide bonds. The summed E-state index contributed by atoms with van der Waals surface area (Å²) in [6.07, 6.45) is 0. The molecule has 0 aromatic heterocycles. The number of hydrogen-bond donors (Lipinski definition) is 2. The Bertz CT molecular complexity index is 614. The van der Waals surface area contributed by atoms with Gasteiger partial charge in [0.1, 0.15) is 11.5 Å². The van der Waals surface area contributed by atoms with Gasteiger partial charge in [0.15, 0.2) is 5.11 Å². The Labute approximate surface area is 136 Å². The quantitative estimate of drug-likeness (QED) is 0.802. The van der Waals surface area contributed by atoms with Crippen molar-refractivity contribution >= 4 is 17.3 Å². The van der Waals surface area contributed by atoms with Gasteiger partial charge in [0.05, 0.1) is 14.2 Å². The minimum atomic E-state index is 0.613. The number of hydrogen-bond acceptors (Lipinski definition) is 3. The van der Waals surface area contributed by atoms with Crippen molar-refractivity contribution < 1.29 is 9.47 Å². The minimum absolute atomic E-state index is 0.613. The van der Waals surface area contributed by atoms with Crippen molar-refractivity contribution in [2.45, 2.75) is 13.1 Å². The van der Waals surface area contributed by atoms with E-state index in [9.17, 15) is 0 Å². The fraction of sp³-hybridized carbons (Fsp3) is 0.235. The van der Waals surface area contributed by atoms with E-state index in [-0.39, 0.29) is 0 Å². The van der Waals surface area contributed by atoms with Crippen LogP contribution in [0, 0.1) is 0 Å². The summed E-state index contributed by atoms with van der Waals surface area (Å²) in [6.45, 7) is 1.29. The first-order valence-corrected chi connectivity index (χ1v) is 7.40. The average Bonchev–Trinajstić information content (AvgIpc) is 2.58. The summed E-state index contributed by atoms with van der Waals surface area (Å²) in [5.74, 6) is 1.70. The van der Waals surface area contributed by atoms with E-state index in [1.165, 1.54) is 0 Å². The van der Waals surface area contributed by atoms with Crippen molar-refractivity contribution in [3.05, 3.63) is 59.7 Å². The molecule has 0 saturated heterocycles. The molecule has 0 aliphatic rings. The van der Waals surface area contributed by atoms with Gasteiger partial charge in [-0.25, -0.2) is 0 Å². The smallest absolute Gasteiger partial charge is 0.166 e. The highest BCUT2D eigenvalue weighted by Crippen LogP contribution is 2.16. The van der Waals surface area contributed by atoms with Gasteiger partial charge in [0.25, 0.3) is 0 Å². The van der Waals surface area contributed by atoms with Crippen LogP contribution in [0.25, 0.3) is 0 Å². The average molecular weight is 316 g/mol. The Balaban J connectivity index is 1.80. The lowest BCUT2D eigenvalue weighted by atomic mass is 10.2. The van der Waals surface area contributed by atoms with Crippen LogP contribution in [0.4, 0.5) is 0 Å². The Hall–Kier alpha value is -2.27. The summed E-state index contributed by atoms with van der Waals surface area (Å²) >= 11 is 5.29. The molecule has 0 unspecified atom stereocenters. The molecule has 0 aliphatic heterocycles. The Morgan fingerprint density at radius 1 is 0.909 bits per heavy atom. The summed E-state index contributed by atoms with van der Waals surface area (Å²) in [6, 6.07) is 15.8. The second kappa shape index (κ2) is 8.24. The largest absolute Gasteiger partial charge is 0.497 e. The lowest BCUT2D eigenvalue weighted by Crippen LogP contribution is -2.34. The summed E-state index contributed by atoms with van der Waals surface area (Å²) in [4.78, 5) is 0. The van der Waals surface area contributed by atoms with Gasteiger partial charge in [0.2, 0.25) is 0 Å². The van der Waals surface area contributed by atoms with E-state index in [0.29, 0.717) is 18.2 Å². The monoisotopic (exact) mass is 316 g/mol. The van der Waals surface area contributed by atoms with Gasteiger partial charge in [0, 0.05) is 18.7 Å². The normalized spacial score (nSPS) is 9.91. The van der Waals surface area contributed by atoms with Crippen molar-refractivity contribution in [2.24, 2.45) is 0 Å². The molecule has 0 fully saturated rings. The highest BCUT2D eigenvalue weighted by molar-refractivity contribution is 7.80. The van der Waals surface area contributed by atoms with E-state index >= 15 is 0 Å². The van der Waals surface area contributed by atoms with Gasteiger partial charge in [-0.3, -0.25) is 0 Å². The minimum Gasteiger partial charge on any atom is -0.497 e.